The Kier molecular flexibility index (Phi) is 9.08. The molecule has 0 aromatic heterocycles. The predicted octanol–water partition coefficient (Wildman–Crippen LogP) is 7.36. The minimum atomic E-state index is -3.73. The molecule has 0 saturated carbocycles. The normalized spacial score (nSPS) is 12.5. The van der Waals surface area contributed by atoms with Crippen LogP contribution in [0.3, 0.4) is 0 Å². The van der Waals surface area contributed by atoms with E-state index in [1.807, 2.05) is 54.6 Å². The summed E-state index contributed by atoms with van der Waals surface area (Å²) in [5, 5.41) is 9.64. The molecule has 2 N–H and O–H groups in total. The average Bonchev–Trinajstić information content (AvgIpc) is 2.95. The first-order chi connectivity index (χ1) is 19.4. The van der Waals surface area contributed by atoms with Crippen LogP contribution in [-0.4, -0.2) is 25.3 Å². The number of Topliss-reactive ketones (excluding diaryl/α,β-unsaturated/α-hetero) is 1. The zero-order valence-electron chi connectivity index (χ0n) is 23.5. The van der Waals surface area contributed by atoms with E-state index in [0.29, 0.717) is 24.1 Å². The number of benzene rings is 4. The van der Waals surface area contributed by atoms with Crippen LogP contribution < -0.4 is 4.72 Å². The fourth-order valence-corrected chi connectivity index (χ4v) is 5.63. The topological polar surface area (TPSA) is 101 Å². The van der Waals surface area contributed by atoms with Gasteiger partial charge in [-0.3, -0.25) is 14.3 Å². The molecular formula is C34H35NO5S. The number of ketones is 1. The lowest BCUT2D eigenvalue weighted by Crippen LogP contribution is -2.19. The van der Waals surface area contributed by atoms with Crippen molar-refractivity contribution in [1.82, 2.24) is 0 Å². The Morgan fingerprint density at radius 3 is 1.88 bits per heavy atom. The SMILES string of the molecule is CC(C)(C)c1ccc(S(=O)(=O)Nc2ccc(-c3ccc(C(=O)CC(CCc4ccccc4)C(=O)O)cc3)cc2)cc1. The standard InChI is InChI=1S/C34H35NO5S/c1-34(2,3)29-17-21-31(22-18-29)41(39,40)35-30-19-15-26(16-20-30)25-11-13-27(14-12-25)32(36)23-28(33(37)38)10-9-24-7-5-4-6-8-24/h4-8,11-22,28,35H,9-10,23H2,1-3H3,(H,37,38). The number of carboxylic acids is 1. The molecule has 6 nitrogen and oxygen atoms in total. The lowest BCUT2D eigenvalue weighted by Gasteiger charge is -2.19. The number of carboxylic acid groups (broad SMARTS) is 1. The number of carbonyl (C=O) groups is 2. The maximum atomic E-state index is 12.9. The first-order valence-electron chi connectivity index (χ1n) is 13.6. The van der Waals surface area contributed by atoms with Crippen molar-refractivity contribution in [3.8, 4) is 11.1 Å². The lowest BCUT2D eigenvalue weighted by atomic mass is 9.87. The molecule has 0 heterocycles. The molecule has 0 amide bonds. The van der Waals surface area contributed by atoms with Crippen molar-refractivity contribution in [3.05, 3.63) is 120 Å². The zero-order chi connectivity index (χ0) is 29.6. The molecule has 41 heavy (non-hydrogen) atoms. The van der Waals surface area contributed by atoms with Crippen LogP contribution in [-0.2, 0) is 26.7 Å². The molecule has 0 aliphatic carbocycles. The molecule has 0 fully saturated rings. The van der Waals surface area contributed by atoms with Crippen molar-refractivity contribution in [2.75, 3.05) is 4.72 Å². The molecule has 0 aliphatic rings. The molecule has 0 bridgehead atoms. The highest BCUT2D eigenvalue weighted by molar-refractivity contribution is 7.92. The van der Waals surface area contributed by atoms with Gasteiger partial charge in [-0.15, -0.1) is 0 Å². The van der Waals surface area contributed by atoms with E-state index in [4.69, 9.17) is 0 Å². The Bertz CT molecular complexity index is 1590. The summed E-state index contributed by atoms with van der Waals surface area (Å²) < 4.78 is 28.4. The third-order valence-electron chi connectivity index (χ3n) is 7.11. The van der Waals surface area contributed by atoms with Crippen molar-refractivity contribution >= 4 is 27.5 Å². The van der Waals surface area contributed by atoms with Gasteiger partial charge in [-0.05, 0) is 64.8 Å². The second-order valence-corrected chi connectivity index (χ2v) is 12.9. The van der Waals surface area contributed by atoms with E-state index >= 15 is 0 Å². The summed E-state index contributed by atoms with van der Waals surface area (Å²) in [6, 6.07) is 30.5. The summed E-state index contributed by atoms with van der Waals surface area (Å²) in [5.74, 6) is -1.93. The van der Waals surface area contributed by atoms with Crippen LogP contribution in [0.1, 0.15) is 55.1 Å². The maximum absolute atomic E-state index is 12.9. The van der Waals surface area contributed by atoms with E-state index in [1.54, 1.807) is 48.5 Å². The van der Waals surface area contributed by atoms with E-state index in [2.05, 4.69) is 25.5 Å². The predicted molar refractivity (Wildman–Crippen MR) is 163 cm³/mol. The molecular weight excluding hydrogens is 534 g/mol. The molecule has 1 unspecified atom stereocenters. The number of hydrogen-bond donors (Lipinski definition) is 2. The highest BCUT2D eigenvalue weighted by Gasteiger charge is 2.22. The Labute approximate surface area is 242 Å². The second kappa shape index (κ2) is 12.5. The quantitative estimate of drug-likeness (QED) is 0.184. The number of sulfonamides is 1. The van der Waals surface area contributed by atoms with E-state index in [9.17, 15) is 23.1 Å². The van der Waals surface area contributed by atoms with Crippen LogP contribution in [0.25, 0.3) is 11.1 Å². The first-order valence-corrected chi connectivity index (χ1v) is 15.0. The Balaban J connectivity index is 1.38. The largest absolute Gasteiger partial charge is 0.481 e. The number of aliphatic carboxylic acids is 1. The van der Waals surface area contributed by atoms with Crippen LogP contribution >= 0.6 is 0 Å². The van der Waals surface area contributed by atoms with Crippen LogP contribution in [0, 0.1) is 5.92 Å². The van der Waals surface area contributed by atoms with Crippen molar-refractivity contribution in [3.63, 3.8) is 0 Å². The van der Waals surface area contributed by atoms with Crippen molar-refractivity contribution < 1.29 is 23.1 Å². The van der Waals surface area contributed by atoms with Gasteiger partial charge in [-0.25, -0.2) is 8.42 Å². The molecule has 4 rings (SSSR count). The molecule has 212 valence electrons. The van der Waals surface area contributed by atoms with Gasteiger partial charge in [-0.1, -0.05) is 99.6 Å². The van der Waals surface area contributed by atoms with Crippen LogP contribution in [0.4, 0.5) is 5.69 Å². The van der Waals surface area contributed by atoms with E-state index in [1.165, 1.54) is 0 Å². The van der Waals surface area contributed by atoms with E-state index < -0.39 is 21.9 Å². The third-order valence-corrected chi connectivity index (χ3v) is 8.51. The number of anilines is 1. The van der Waals surface area contributed by atoms with Crippen molar-refractivity contribution in [2.45, 2.75) is 50.3 Å². The van der Waals surface area contributed by atoms with Gasteiger partial charge in [0.05, 0.1) is 10.8 Å². The lowest BCUT2D eigenvalue weighted by molar-refractivity contribution is -0.141. The highest BCUT2D eigenvalue weighted by atomic mass is 32.2. The summed E-state index contributed by atoms with van der Waals surface area (Å²) in [6.45, 7) is 6.22. The van der Waals surface area contributed by atoms with Gasteiger partial charge >= 0.3 is 5.97 Å². The van der Waals surface area contributed by atoms with Crippen LogP contribution in [0.5, 0.6) is 0 Å². The Hall–Kier alpha value is -4.23. The number of hydrogen-bond acceptors (Lipinski definition) is 4. The van der Waals surface area contributed by atoms with Gasteiger partial charge in [-0.2, -0.15) is 0 Å². The third kappa shape index (κ3) is 7.92. The van der Waals surface area contributed by atoms with Crippen LogP contribution in [0.2, 0.25) is 0 Å². The van der Waals surface area contributed by atoms with Crippen LogP contribution in [0.15, 0.2) is 108 Å². The van der Waals surface area contributed by atoms with Gasteiger partial charge in [0.25, 0.3) is 10.0 Å². The fourth-order valence-electron chi connectivity index (χ4n) is 4.57. The minimum absolute atomic E-state index is 0.0602. The van der Waals surface area contributed by atoms with E-state index in [0.717, 1.165) is 22.3 Å². The Morgan fingerprint density at radius 1 is 0.780 bits per heavy atom. The molecule has 7 heteroatoms. The number of nitrogens with one attached hydrogen (secondary N) is 1. The zero-order valence-corrected chi connectivity index (χ0v) is 24.3. The van der Waals surface area contributed by atoms with Crippen molar-refractivity contribution in [2.24, 2.45) is 5.92 Å². The summed E-state index contributed by atoms with van der Waals surface area (Å²) in [5.41, 5.74) is 4.64. The number of carbonyl (C=O) groups excluding carboxylic acids is 1. The van der Waals surface area contributed by atoms with Gasteiger partial charge in [0.2, 0.25) is 0 Å². The monoisotopic (exact) mass is 569 g/mol. The summed E-state index contributed by atoms with van der Waals surface area (Å²) in [7, 11) is -3.73. The molecule has 0 saturated heterocycles. The molecule has 1 atom stereocenters. The van der Waals surface area contributed by atoms with Gasteiger partial charge in [0.1, 0.15) is 0 Å². The molecule has 0 aliphatic heterocycles. The average molecular weight is 570 g/mol. The minimum Gasteiger partial charge on any atom is -0.481 e. The highest BCUT2D eigenvalue weighted by Crippen LogP contribution is 2.26. The number of aryl methyl sites for hydroxylation is 1. The first kappa shape index (κ1) is 29.7. The molecule has 4 aromatic rings. The smallest absolute Gasteiger partial charge is 0.306 e. The summed E-state index contributed by atoms with van der Waals surface area (Å²) in [4.78, 5) is 24.8. The van der Waals surface area contributed by atoms with E-state index in [-0.39, 0.29) is 22.5 Å². The molecule has 0 radical (unpaired) electrons. The van der Waals surface area contributed by atoms with Gasteiger partial charge in [0.15, 0.2) is 5.78 Å². The number of rotatable bonds is 11. The summed E-state index contributed by atoms with van der Waals surface area (Å²) in [6.07, 6.45) is 0.927. The molecule has 0 spiro atoms. The second-order valence-electron chi connectivity index (χ2n) is 11.2. The fraction of sp³-hybridized carbons (Fsp3) is 0.235. The van der Waals surface area contributed by atoms with Crippen molar-refractivity contribution in [1.29, 1.82) is 0 Å². The summed E-state index contributed by atoms with van der Waals surface area (Å²) >= 11 is 0. The Morgan fingerprint density at radius 2 is 1.34 bits per heavy atom. The molecule has 4 aromatic carbocycles. The maximum Gasteiger partial charge on any atom is 0.306 e. The van der Waals surface area contributed by atoms with Gasteiger partial charge in [0, 0.05) is 17.7 Å². The van der Waals surface area contributed by atoms with Gasteiger partial charge < -0.3 is 5.11 Å².